The molecule has 0 aliphatic carbocycles. The van der Waals surface area contributed by atoms with Crippen LogP contribution in [-0.2, 0) is 4.79 Å². The molecule has 7 nitrogen and oxygen atoms in total. The Labute approximate surface area is 183 Å². The molecule has 5 rings (SSSR count). The molecule has 4 N–H and O–H groups in total. The Kier molecular flexibility index (Phi) is 5.10. The van der Waals surface area contributed by atoms with Gasteiger partial charge in [0.05, 0.1) is 23.4 Å². The number of rotatable bonds is 5. The zero-order valence-electron chi connectivity index (χ0n) is 16.5. The first-order chi connectivity index (χ1) is 14.6. The van der Waals surface area contributed by atoms with Crippen molar-refractivity contribution in [3.8, 4) is 11.1 Å². The summed E-state index contributed by atoms with van der Waals surface area (Å²) in [6.07, 6.45) is 2.42. The third kappa shape index (κ3) is 3.53. The molecule has 9 heteroatoms. The molecule has 30 heavy (non-hydrogen) atoms. The van der Waals surface area contributed by atoms with E-state index in [2.05, 4.69) is 38.9 Å². The van der Waals surface area contributed by atoms with Gasteiger partial charge in [-0.15, -0.1) is 0 Å². The van der Waals surface area contributed by atoms with Gasteiger partial charge in [-0.05, 0) is 18.2 Å². The van der Waals surface area contributed by atoms with Crippen LogP contribution in [0.1, 0.15) is 12.1 Å². The number of aromatic amines is 2. The lowest BCUT2D eigenvalue weighted by molar-refractivity contribution is -0.121. The van der Waals surface area contributed by atoms with Crippen molar-refractivity contribution >= 4 is 51.5 Å². The number of amides is 1. The lowest BCUT2D eigenvalue weighted by Gasteiger charge is -2.18. The SMILES string of the molecule is CNc1c(-c2ccc[nH]c2=S)ccc2cc(C3=NCC(CN4CCC(=O)N4)S3)[nH]c12. The summed E-state index contributed by atoms with van der Waals surface area (Å²) in [5, 5.41) is 7.83. The summed E-state index contributed by atoms with van der Waals surface area (Å²) >= 11 is 7.26. The summed E-state index contributed by atoms with van der Waals surface area (Å²) in [6.45, 7) is 2.33. The van der Waals surface area contributed by atoms with E-state index in [1.54, 1.807) is 11.8 Å². The van der Waals surface area contributed by atoms with Crippen LogP contribution in [0.25, 0.3) is 22.0 Å². The fraction of sp³-hybridized carbons (Fsp3) is 0.286. The van der Waals surface area contributed by atoms with Crippen LogP contribution in [0.5, 0.6) is 0 Å². The number of fused-ring (bicyclic) bond motifs is 1. The maximum Gasteiger partial charge on any atom is 0.235 e. The first-order valence-corrected chi connectivity index (χ1v) is 11.2. The summed E-state index contributed by atoms with van der Waals surface area (Å²) in [7, 11) is 1.93. The topological polar surface area (TPSA) is 88.3 Å². The van der Waals surface area contributed by atoms with Gasteiger partial charge in [-0.2, -0.15) is 0 Å². The third-order valence-corrected chi connectivity index (χ3v) is 6.96. The molecular formula is C21H22N6OS2. The van der Waals surface area contributed by atoms with Crippen LogP contribution >= 0.6 is 24.0 Å². The molecule has 1 aromatic carbocycles. The maximum atomic E-state index is 11.4. The monoisotopic (exact) mass is 438 g/mol. The highest BCUT2D eigenvalue weighted by atomic mass is 32.2. The number of aromatic nitrogens is 2. The van der Waals surface area contributed by atoms with E-state index in [4.69, 9.17) is 17.2 Å². The second-order valence-electron chi connectivity index (χ2n) is 7.41. The lowest BCUT2D eigenvalue weighted by Crippen LogP contribution is -2.38. The molecule has 2 aliphatic rings. The van der Waals surface area contributed by atoms with E-state index in [1.807, 2.05) is 30.4 Å². The largest absolute Gasteiger partial charge is 0.386 e. The molecule has 0 spiro atoms. The molecule has 1 amide bonds. The number of nitrogens with zero attached hydrogens (tertiary/aromatic N) is 2. The van der Waals surface area contributed by atoms with Crippen molar-refractivity contribution in [2.45, 2.75) is 11.7 Å². The molecule has 2 aliphatic heterocycles. The van der Waals surface area contributed by atoms with Crippen LogP contribution in [0.4, 0.5) is 5.69 Å². The second-order valence-corrected chi connectivity index (χ2v) is 9.11. The average Bonchev–Trinajstić information content (AvgIpc) is 3.47. The first-order valence-electron chi connectivity index (χ1n) is 9.90. The summed E-state index contributed by atoms with van der Waals surface area (Å²) in [5.74, 6) is 0.100. The van der Waals surface area contributed by atoms with Crippen molar-refractivity contribution in [2.75, 3.05) is 32.0 Å². The van der Waals surface area contributed by atoms with Crippen LogP contribution in [0.2, 0.25) is 0 Å². The van der Waals surface area contributed by atoms with E-state index in [1.165, 1.54) is 0 Å². The second kappa shape index (κ2) is 7.90. The quantitative estimate of drug-likeness (QED) is 0.458. The van der Waals surface area contributed by atoms with Crippen LogP contribution < -0.4 is 10.7 Å². The zero-order valence-corrected chi connectivity index (χ0v) is 18.1. The van der Waals surface area contributed by atoms with E-state index in [0.717, 1.165) is 58.1 Å². The highest BCUT2D eigenvalue weighted by Crippen LogP contribution is 2.36. The number of hydrogen-bond donors (Lipinski definition) is 4. The number of anilines is 1. The first kappa shape index (κ1) is 19.3. The van der Waals surface area contributed by atoms with E-state index >= 15 is 0 Å². The number of hydrogen-bond acceptors (Lipinski definition) is 6. The molecular weight excluding hydrogens is 416 g/mol. The smallest absolute Gasteiger partial charge is 0.235 e. The van der Waals surface area contributed by atoms with Crippen molar-refractivity contribution in [3.63, 3.8) is 0 Å². The standard InChI is InChI=1S/C21H22N6OS2/c1-22-19-14(15-3-2-7-23-20(15)29)5-4-12-9-16(25-18(12)19)21-24-10-13(30-21)11-27-8-6-17(28)26-27/h2-5,7,9,13,22,25H,6,8,10-11H2,1H3,(H,23,29)(H,26,28). The summed E-state index contributed by atoms with van der Waals surface area (Å²) in [4.78, 5) is 22.9. The number of benzene rings is 1. The Hall–Kier alpha value is -2.62. The zero-order chi connectivity index (χ0) is 20.7. The van der Waals surface area contributed by atoms with Crippen molar-refractivity contribution in [1.29, 1.82) is 0 Å². The highest BCUT2D eigenvalue weighted by Gasteiger charge is 2.27. The van der Waals surface area contributed by atoms with Gasteiger partial charge in [0.15, 0.2) is 0 Å². The van der Waals surface area contributed by atoms with Gasteiger partial charge in [0.1, 0.15) is 9.68 Å². The van der Waals surface area contributed by atoms with E-state index in [-0.39, 0.29) is 5.91 Å². The number of nitrogens with one attached hydrogen (secondary N) is 4. The minimum Gasteiger partial charge on any atom is -0.386 e. The van der Waals surface area contributed by atoms with Gasteiger partial charge in [-0.25, -0.2) is 5.01 Å². The molecule has 1 saturated heterocycles. The molecule has 1 unspecified atom stereocenters. The Morgan fingerprint density at radius 1 is 1.33 bits per heavy atom. The van der Waals surface area contributed by atoms with E-state index < -0.39 is 0 Å². The van der Waals surface area contributed by atoms with Gasteiger partial charge in [-0.1, -0.05) is 36.1 Å². The molecule has 1 fully saturated rings. The van der Waals surface area contributed by atoms with Crippen LogP contribution in [-0.4, -0.2) is 57.9 Å². The molecule has 0 bridgehead atoms. The Bertz CT molecular complexity index is 1210. The van der Waals surface area contributed by atoms with Gasteiger partial charge >= 0.3 is 0 Å². The predicted molar refractivity (Wildman–Crippen MR) is 126 cm³/mol. The Morgan fingerprint density at radius 2 is 2.23 bits per heavy atom. The molecule has 4 heterocycles. The summed E-state index contributed by atoms with van der Waals surface area (Å²) < 4.78 is 0.715. The normalized spacial score (nSPS) is 19.3. The van der Waals surface area contributed by atoms with Crippen LogP contribution in [0.15, 0.2) is 41.5 Å². The lowest BCUT2D eigenvalue weighted by atomic mass is 10.0. The van der Waals surface area contributed by atoms with Gasteiger partial charge in [-0.3, -0.25) is 15.2 Å². The number of aliphatic imine (C=N–C) groups is 1. The number of H-pyrrole nitrogens is 2. The average molecular weight is 439 g/mol. The van der Waals surface area contributed by atoms with Crippen LogP contribution in [0.3, 0.4) is 0 Å². The summed E-state index contributed by atoms with van der Waals surface area (Å²) in [5.41, 5.74) is 8.04. The number of carbonyl (C=O) groups is 1. The van der Waals surface area contributed by atoms with Crippen molar-refractivity contribution in [1.82, 2.24) is 20.4 Å². The Balaban J connectivity index is 1.42. The minimum absolute atomic E-state index is 0.100. The van der Waals surface area contributed by atoms with Gasteiger partial charge in [0.2, 0.25) is 5.91 Å². The molecule has 154 valence electrons. The van der Waals surface area contributed by atoms with Gasteiger partial charge in [0.25, 0.3) is 0 Å². The molecule has 0 saturated carbocycles. The minimum atomic E-state index is 0.100. The fourth-order valence-electron chi connectivity index (χ4n) is 4.00. The predicted octanol–water partition coefficient (Wildman–Crippen LogP) is 3.53. The highest BCUT2D eigenvalue weighted by molar-refractivity contribution is 8.15. The third-order valence-electron chi connectivity index (χ3n) is 5.42. The summed E-state index contributed by atoms with van der Waals surface area (Å²) in [6, 6.07) is 10.4. The van der Waals surface area contributed by atoms with Crippen LogP contribution in [0, 0.1) is 4.64 Å². The maximum absolute atomic E-state index is 11.4. The number of thioether (sulfide) groups is 1. The number of carbonyl (C=O) groups excluding carboxylic acids is 1. The molecule has 0 radical (unpaired) electrons. The van der Waals surface area contributed by atoms with Crippen molar-refractivity contribution < 1.29 is 4.79 Å². The fourth-order valence-corrected chi connectivity index (χ4v) is 5.35. The van der Waals surface area contributed by atoms with E-state index in [9.17, 15) is 4.79 Å². The number of pyridine rings is 1. The van der Waals surface area contributed by atoms with Crippen molar-refractivity contribution in [2.24, 2.45) is 4.99 Å². The molecule has 1 atom stereocenters. The Morgan fingerprint density at radius 3 is 3.00 bits per heavy atom. The van der Waals surface area contributed by atoms with Crippen molar-refractivity contribution in [3.05, 3.63) is 46.9 Å². The number of hydrazine groups is 1. The van der Waals surface area contributed by atoms with Gasteiger partial charge < -0.3 is 15.3 Å². The molecule has 3 aromatic rings. The van der Waals surface area contributed by atoms with Gasteiger partial charge in [0, 0.05) is 54.5 Å². The van der Waals surface area contributed by atoms with E-state index in [0.29, 0.717) is 16.3 Å². The molecule has 2 aromatic heterocycles.